The number of aromatic nitrogens is 2. The second kappa shape index (κ2) is 16.4. The van der Waals surface area contributed by atoms with E-state index in [1.807, 2.05) is 28.6 Å². The molecular weight excluding hydrogens is 685 g/mol. The fourth-order valence-electron chi connectivity index (χ4n) is 6.24. The van der Waals surface area contributed by atoms with Gasteiger partial charge in [0.15, 0.2) is 0 Å². The third-order valence-corrected chi connectivity index (χ3v) is 10.5. The Kier molecular flexibility index (Phi) is 11.8. The van der Waals surface area contributed by atoms with Crippen LogP contribution in [0.25, 0.3) is 11.3 Å². The molecular formula is C35H39Cl2N7O4S. The van der Waals surface area contributed by atoms with Crippen LogP contribution in [0.3, 0.4) is 0 Å². The van der Waals surface area contributed by atoms with Crippen molar-refractivity contribution in [2.75, 3.05) is 63.9 Å². The van der Waals surface area contributed by atoms with Gasteiger partial charge in [-0.15, -0.1) is 0 Å². The lowest BCUT2D eigenvalue weighted by Gasteiger charge is -2.27. The molecule has 2 fully saturated rings. The van der Waals surface area contributed by atoms with Gasteiger partial charge in [0, 0.05) is 91.7 Å². The average Bonchev–Trinajstić information content (AvgIpc) is 3.49. The third-order valence-electron chi connectivity index (χ3n) is 8.87. The second-order valence-corrected chi connectivity index (χ2v) is 14.2. The van der Waals surface area contributed by atoms with Gasteiger partial charge in [-0.1, -0.05) is 41.1 Å². The quantitative estimate of drug-likeness (QED) is 0.239. The van der Waals surface area contributed by atoms with E-state index in [1.54, 1.807) is 24.3 Å². The summed E-state index contributed by atoms with van der Waals surface area (Å²) in [6, 6.07) is 10.6. The van der Waals surface area contributed by atoms with Crippen LogP contribution in [0, 0.1) is 11.8 Å². The van der Waals surface area contributed by atoms with Crippen molar-refractivity contribution < 1.29 is 19.1 Å². The van der Waals surface area contributed by atoms with E-state index in [4.69, 9.17) is 38.8 Å². The van der Waals surface area contributed by atoms with E-state index < -0.39 is 11.8 Å². The van der Waals surface area contributed by atoms with Gasteiger partial charge in [-0.05, 0) is 43.3 Å². The van der Waals surface area contributed by atoms with Crippen LogP contribution in [0.1, 0.15) is 39.2 Å². The maximum atomic E-state index is 13.0. The predicted octanol–water partition coefficient (Wildman–Crippen LogP) is 2.78. The minimum atomic E-state index is -0.973. The summed E-state index contributed by atoms with van der Waals surface area (Å²) >= 11 is 15.0. The van der Waals surface area contributed by atoms with Crippen molar-refractivity contribution in [2.45, 2.75) is 32.0 Å². The van der Waals surface area contributed by atoms with Gasteiger partial charge in [0.2, 0.25) is 0 Å². The highest BCUT2D eigenvalue weighted by Crippen LogP contribution is 2.32. The minimum Gasteiger partial charge on any atom is -0.374 e. The van der Waals surface area contributed by atoms with Crippen LogP contribution in [0.5, 0.6) is 0 Å². The fraction of sp³-hybridized carbons (Fsp3) is 0.429. The smallest absolute Gasteiger partial charge is 0.311 e. The Labute approximate surface area is 300 Å². The van der Waals surface area contributed by atoms with E-state index in [9.17, 15) is 14.4 Å². The number of aryl methyl sites for hydroxylation is 1. The van der Waals surface area contributed by atoms with E-state index in [1.165, 1.54) is 4.90 Å². The van der Waals surface area contributed by atoms with Crippen molar-refractivity contribution in [1.82, 2.24) is 30.2 Å². The summed E-state index contributed by atoms with van der Waals surface area (Å²) in [5.41, 5.74) is 10.3. The number of thioether (sulfide) groups is 1. The van der Waals surface area contributed by atoms with Crippen molar-refractivity contribution in [3.8, 4) is 23.1 Å². The largest absolute Gasteiger partial charge is 0.374 e. The van der Waals surface area contributed by atoms with Gasteiger partial charge >= 0.3 is 11.8 Å². The first-order valence-electron chi connectivity index (χ1n) is 16.5. The lowest BCUT2D eigenvalue weighted by Crippen LogP contribution is -2.45. The standard InChI is InChI=1S/C35H39Cl2N7O4S/c36-29-7-5-25(19-24(29)4-2-23-3-6-30(37)27(18-23)34(46)40-21-26-20-39-9-15-48-26)32-28-22-43(35(47)33(38)45)12-8-31(28)44(41-32)11-1-10-42-13-16-49-17-14-42/h3,5-7,18-19,26,39H,1,8-17,20-22H2,(H2,38,45)(H,40,46). The van der Waals surface area contributed by atoms with Crippen molar-refractivity contribution in [1.29, 1.82) is 0 Å². The first-order valence-corrected chi connectivity index (χ1v) is 18.4. The Morgan fingerprint density at radius 2 is 1.88 bits per heavy atom. The molecule has 11 nitrogen and oxygen atoms in total. The molecule has 258 valence electrons. The molecule has 0 aliphatic carbocycles. The molecule has 3 amide bonds. The summed E-state index contributed by atoms with van der Waals surface area (Å²) in [5.74, 6) is 6.63. The van der Waals surface area contributed by atoms with E-state index in [-0.39, 0.29) is 18.6 Å². The Morgan fingerprint density at radius 3 is 2.65 bits per heavy atom. The number of carbonyl (C=O) groups is 3. The first-order chi connectivity index (χ1) is 23.8. The van der Waals surface area contributed by atoms with Gasteiger partial charge in [0.25, 0.3) is 5.91 Å². The lowest BCUT2D eigenvalue weighted by atomic mass is 9.99. The number of amides is 3. The number of nitrogens with one attached hydrogen (secondary N) is 2. The summed E-state index contributed by atoms with van der Waals surface area (Å²) in [4.78, 5) is 41.2. The molecule has 3 aromatic rings. The molecule has 3 aliphatic rings. The zero-order valence-electron chi connectivity index (χ0n) is 27.1. The molecule has 1 atom stereocenters. The van der Waals surface area contributed by atoms with Gasteiger partial charge < -0.3 is 30.9 Å². The molecule has 0 bridgehead atoms. The van der Waals surface area contributed by atoms with Crippen LogP contribution in [-0.2, 0) is 33.8 Å². The predicted molar refractivity (Wildman–Crippen MR) is 192 cm³/mol. The van der Waals surface area contributed by atoms with E-state index in [0.717, 1.165) is 67.5 Å². The number of halogens is 2. The Bertz CT molecular complexity index is 1780. The highest BCUT2D eigenvalue weighted by molar-refractivity contribution is 7.99. The summed E-state index contributed by atoms with van der Waals surface area (Å²) in [7, 11) is 0. The molecule has 4 N–H and O–H groups in total. The second-order valence-electron chi connectivity index (χ2n) is 12.2. The number of fused-ring (bicyclic) bond motifs is 1. The van der Waals surface area contributed by atoms with Crippen LogP contribution < -0.4 is 16.4 Å². The van der Waals surface area contributed by atoms with Crippen LogP contribution in [0.4, 0.5) is 0 Å². The number of nitrogens with zero attached hydrogens (tertiary/aromatic N) is 4. The molecule has 6 rings (SSSR count). The molecule has 2 saturated heterocycles. The molecule has 1 aromatic heterocycles. The van der Waals surface area contributed by atoms with Crippen LogP contribution in [0.2, 0.25) is 10.0 Å². The number of carbonyl (C=O) groups excluding carboxylic acids is 3. The third kappa shape index (κ3) is 8.78. The number of benzene rings is 2. The molecule has 14 heteroatoms. The molecule has 0 spiro atoms. The fourth-order valence-corrected chi connectivity index (χ4v) is 7.59. The normalized spacial score (nSPS) is 17.9. The Hall–Kier alpha value is -3.57. The summed E-state index contributed by atoms with van der Waals surface area (Å²) in [6.07, 6.45) is 1.42. The minimum absolute atomic E-state index is 0.101. The number of nitrogens with two attached hydrogens (primary N) is 1. The van der Waals surface area contributed by atoms with Crippen molar-refractivity contribution in [3.05, 3.63) is 74.4 Å². The van der Waals surface area contributed by atoms with E-state index in [2.05, 4.69) is 27.4 Å². The molecule has 4 heterocycles. The number of morpholine rings is 1. The van der Waals surface area contributed by atoms with Crippen molar-refractivity contribution in [2.24, 2.45) is 5.73 Å². The van der Waals surface area contributed by atoms with Gasteiger partial charge in [0.1, 0.15) is 0 Å². The van der Waals surface area contributed by atoms with Crippen LogP contribution in [0.15, 0.2) is 36.4 Å². The maximum Gasteiger partial charge on any atom is 0.311 e. The molecule has 0 saturated carbocycles. The molecule has 2 aromatic carbocycles. The number of hydrogen-bond donors (Lipinski definition) is 3. The summed E-state index contributed by atoms with van der Waals surface area (Å²) in [5, 5.41) is 12.0. The molecule has 3 aliphatic heterocycles. The highest BCUT2D eigenvalue weighted by atomic mass is 35.5. The molecule has 49 heavy (non-hydrogen) atoms. The molecule has 0 radical (unpaired) electrons. The van der Waals surface area contributed by atoms with Gasteiger partial charge in [-0.3, -0.25) is 19.1 Å². The summed E-state index contributed by atoms with van der Waals surface area (Å²) < 4.78 is 7.71. The Balaban J connectivity index is 1.23. The monoisotopic (exact) mass is 723 g/mol. The van der Waals surface area contributed by atoms with Crippen LogP contribution >= 0.6 is 35.0 Å². The zero-order valence-corrected chi connectivity index (χ0v) is 29.4. The number of ether oxygens (including phenoxy) is 1. The first kappa shape index (κ1) is 35.3. The number of rotatable bonds is 8. The van der Waals surface area contributed by atoms with Gasteiger partial charge in [0.05, 0.1) is 40.6 Å². The SMILES string of the molecule is NC(=O)C(=O)N1CCc2c(c(-c3ccc(Cl)c(C#Cc4ccc(Cl)c(C(=O)NCC5CNCCO5)c4)c3)nn2CCCN2CCSCC2)C1. The summed E-state index contributed by atoms with van der Waals surface area (Å²) in [6.45, 7) is 7.01. The Morgan fingerprint density at radius 1 is 1.06 bits per heavy atom. The molecule has 1 unspecified atom stereocenters. The number of hydrogen-bond acceptors (Lipinski definition) is 8. The van der Waals surface area contributed by atoms with Gasteiger partial charge in [-0.25, -0.2) is 0 Å². The van der Waals surface area contributed by atoms with Crippen LogP contribution in [-0.4, -0.2) is 107 Å². The van der Waals surface area contributed by atoms with Crippen molar-refractivity contribution in [3.63, 3.8) is 0 Å². The topological polar surface area (TPSA) is 135 Å². The van der Waals surface area contributed by atoms with Crippen molar-refractivity contribution >= 4 is 52.7 Å². The van der Waals surface area contributed by atoms with E-state index in [0.29, 0.717) is 65.1 Å². The van der Waals surface area contributed by atoms with Gasteiger partial charge in [-0.2, -0.15) is 16.9 Å². The average molecular weight is 725 g/mol. The number of primary amides is 1. The maximum absolute atomic E-state index is 13.0. The zero-order chi connectivity index (χ0) is 34.3. The van der Waals surface area contributed by atoms with E-state index >= 15 is 0 Å². The lowest BCUT2D eigenvalue weighted by molar-refractivity contribution is -0.144. The highest BCUT2D eigenvalue weighted by Gasteiger charge is 2.30.